The molecule has 0 atom stereocenters. The summed E-state index contributed by atoms with van der Waals surface area (Å²) in [7, 11) is 0. The average molecular weight is 242 g/mol. The second-order valence-electron chi connectivity index (χ2n) is 5.27. The van der Waals surface area contributed by atoms with Crippen molar-refractivity contribution in [1.82, 2.24) is 9.38 Å². The number of rotatable bonds is 2. The summed E-state index contributed by atoms with van der Waals surface area (Å²) in [5, 5.41) is 0. The van der Waals surface area contributed by atoms with Gasteiger partial charge < -0.3 is 4.40 Å². The molecule has 2 aromatic rings. The van der Waals surface area contributed by atoms with Gasteiger partial charge in [-0.1, -0.05) is 19.3 Å². The van der Waals surface area contributed by atoms with Crippen LogP contribution in [0, 0.1) is 6.92 Å². The minimum atomic E-state index is 0.516. The number of hydrogen-bond acceptors (Lipinski definition) is 2. The van der Waals surface area contributed by atoms with Crippen LogP contribution in [0.15, 0.2) is 18.3 Å². The maximum atomic E-state index is 11.2. The van der Waals surface area contributed by atoms with Gasteiger partial charge in [0.1, 0.15) is 11.5 Å². The highest BCUT2D eigenvalue weighted by Gasteiger charge is 2.21. The second kappa shape index (κ2) is 4.56. The fourth-order valence-electron chi connectivity index (χ4n) is 2.97. The summed E-state index contributed by atoms with van der Waals surface area (Å²) in [5.41, 5.74) is 2.70. The summed E-state index contributed by atoms with van der Waals surface area (Å²) < 4.78 is 2.10. The first-order chi connectivity index (χ1) is 8.79. The van der Waals surface area contributed by atoms with Gasteiger partial charge in [-0.25, -0.2) is 4.98 Å². The number of carbonyl (C=O) groups is 1. The van der Waals surface area contributed by atoms with Crippen molar-refractivity contribution in [2.24, 2.45) is 0 Å². The molecule has 0 aliphatic heterocycles. The fourth-order valence-corrected chi connectivity index (χ4v) is 2.97. The van der Waals surface area contributed by atoms with E-state index in [1.54, 1.807) is 0 Å². The minimum Gasteiger partial charge on any atom is -0.303 e. The van der Waals surface area contributed by atoms with Gasteiger partial charge in [-0.3, -0.25) is 4.79 Å². The first kappa shape index (κ1) is 11.5. The maximum absolute atomic E-state index is 11.2. The summed E-state index contributed by atoms with van der Waals surface area (Å²) in [4.78, 5) is 15.7. The molecule has 3 heteroatoms. The van der Waals surface area contributed by atoms with Crippen molar-refractivity contribution in [2.75, 3.05) is 0 Å². The van der Waals surface area contributed by atoms with Crippen molar-refractivity contribution < 1.29 is 4.79 Å². The molecule has 0 unspecified atom stereocenters. The SMILES string of the molecule is Cc1ccn2c(C3CCCCC3)nc(C=O)c2c1. The zero-order chi connectivity index (χ0) is 12.5. The van der Waals surface area contributed by atoms with Gasteiger partial charge in [-0.05, 0) is 37.5 Å². The molecule has 3 nitrogen and oxygen atoms in total. The molecule has 0 amide bonds. The molecule has 18 heavy (non-hydrogen) atoms. The number of aryl methyl sites for hydroxylation is 1. The van der Waals surface area contributed by atoms with E-state index in [2.05, 4.69) is 21.6 Å². The number of aldehydes is 1. The van der Waals surface area contributed by atoms with E-state index in [1.807, 2.05) is 13.0 Å². The quantitative estimate of drug-likeness (QED) is 0.755. The minimum absolute atomic E-state index is 0.516. The Morgan fingerprint density at radius 1 is 1.33 bits per heavy atom. The van der Waals surface area contributed by atoms with Crippen molar-refractivity contribution in [3.05, 3.63) is 35.4 Å². The van der Waals surface area contributed by atoms with Gasteiger partial charge in [0.2, 0.25) is 0 Å². The van der Waals surface area contributed by atoms with Crippen molar-refractivity contribution in [1.29, 1.82) is 0 Å². The Labute approximate surface area is 107 Å². The third-order valence-electron chi connectivity index (χ3n) is 3.94. The van der Waals surface area contributed by atoms with Crippen LogP contribution >= 0.6 is 0 Å². The van der Waals surface area contributed by atoms with Gasteiger partial charge in [-0.2, -0.15) is 0 Å². The second-order valence-corrected chi connectivity index (χ2v) is 5.27. The molecule has 0 saturated heterocycles. The van der Waals surface area contributed by atoms with Crippen molar-refractivity contribution >= 4 is 11.8 Å². The summed E-state index contributed by atoms with van der Waals surface area (Å²) in [6, 6.07) is 4.12. The number of fused-ring (bicyclic) bond motifs is 1. The molecule has 2 heterocycles. The summed E-state index contributed by atoms with van der Waals surface area (Å²) in [6.07, 6.45) is 9.22. The van der Waals surface area contributed by atoms with Gasteiger partial charge in [0.25, 0.3) is 0 Å². The molecule has 1 saturated carbocycles. The molecule has 0 N–H and O–H groups in total. The summed E-state index contributed by atoms with van der Waals surface area (Å²) in [6.45, 7) is 2.04. The van der Waals surface area contributed by atoms with Crippen LogP contribution in [-0.4, -0.2) is 15.7 Å². The summed E-state index contributed by atoms with van der Waals surface area (Å²) in [5.74, 6) is 1.59. The number of nitrogens with zero attached hydrogens (tertiary/aromatic N) is 2. The van der Waals surface area contributed by atoms with Crippen LogP contribution in [0.2, 0.25) is 0 Å². The van der Waals surface area contributed by atoms with E-state index in [1.165, 1.54) is 37.7 Å². The topological polar surface area (TPSA) is 34.4 Å². The molecule has 0 bridgehead atoms. The van der Waals surface area contributed by atoms with E-state index in [-0.39, 0.29) is 0 Å². The fraction of sp³-hybridized carbons (Fsp3) is 0.467. The highest BCUT2D eigenvalue weighted by Crippen LogP contribution is 2.32. The number of carbonyl (C=O) groups excluding carboxylic acids is 1. The normalized spacial score (nSPS) is 17.2. The number of aromatic nitrogens is 2. The average Bonchev–Trinajstić information content (AvgIpc) is 2.77. The Morgan fingerprint density at radius 3 is 2.83 bits per heavy atom. The third kappa shape index (κ3) is 1.84. The van der Waals surface area contributed by atoms with Crippen LogP contribution in [0.4, 0.5) is 0 Å². The highest BCUT2D eigenvalue weighted by atomic mass is 16.1. The number of hydrogen-bond donors (Lipinski definition) is 0. The van der Waals surface area contributed by atoms with Crippen LogP contribution in [0.1, 0.15) is 59.9 Å². The molecule has 3 rings (SSSR count). The lowest BCUT2D eigenvalue weighted by molar-refractivity contribution is 0.112. The first-order valence-corrected chi connectivity index (χ1v) is 6.73. The monoisotopic (exact) mass is 242 g/mol. The van der Waals surface area contributed by atoms with Crippen molar-refractivity contribution in [3.8, 4) is 0 Å². The van der Waals surface area contributed by atoms with Gasteiger partial charge in [0, 0.05) is 12.1 Å². The molecule has 94 valence electrons. The van der Waals surface area contributed by atoms with Gasteiger partial charge in [-0.15, -0.1) is 0 Å². The third-order valence-corrected chi connectivity index (χ3v) is 3.94. The van der Waals surface area contributed by atoms with Crippen LogP contribution in [0.5, 0.6) is 0 Å². The highest BCUT2D eigenvalue weighted by molar-refractivity contribution is 5.84. The largest absolute Gasteiger partial charge is 0.303 e. The number of imidazole rings is 1. The zero-order valence-corrected chi connectivity index (χ0v) is 10.7. The van der Waals surface area contributed by atoms with E-state index in [9.17, 15) is 4.79 Å². The smallest absolute Gasteiger partial charge is 0.170 e. The standard InChI is InChI=1S/C15H18N2O/c1-11-7-8-17-14(9-11)13(10-18)16-15(17)12-5-3-2-4-6-12/h7-10,12H,2-6H2,1H3. The molecule has 0 aromatic carbocycles. The first-order valence-electron chi connectivity index (χ1n) is 6.73. The Balaban J connectivity index is 2.13. The van der Waals surface area contributed by atoms with E-state index >= 15 is 0 Å². The number of pyridine rings is 1. The summed E-state index contributed by atoms with van der Waals surface area (Å²) >= 11 is 0. The van der Waals surface area contributed by atoms with Gasteiger partial charge >= 0.3 is 0 Å². The van der Waals surface area contributed by atoms with E-state index in [4.69, 9.17) is 0 Å². The lowest BCUT2D eigenvalue weighted by atomic mass is 9.89. The van der Waals surface area contributed by atoms with E-state index in [0.29, 0.717) is 11.6 Å². The van der Waals surface area contributed by atoms with Crippen LogP contribution in [0.3, 0.4) is 0 Å². The van der Waals surface area contributed by atoms with Gasteiger partial charge in [0.15, 0.2) is 6.29 Å². The van der Waals surface area contributed by atoms with Crippen LogP contribution in [-0.2, 0) is 0 Å². The predicted octanol–water partition coefficient (Wildman–Crippen LogP) is 3.50. The molecule has 1 aliphatic carbocycles. The predicted molar refractivity (Wildman–Crippen MR) is 71.1 cm³/mol. The Hall–Kier alpha value is -1.64. The molecular formula is C15H18N2O. The lowest BCUT2D eigenvalue weighted by Crippen LogP contribution is -2.08. The van der Waals surface area contributed by atoms with E-state index in [0.717, 1.165) is 17.6 Å². The van der Waals surface area contributed by atoms with Gasteiger partial charge in [0.05, 0.1) is 5.52 Å². The lowest BCUT2D eigenvalue weighted by Gasteiger charge is -2.20. The van der Waals surface area contributed by atoms with Crippen molar-refractivity contribution in [2.45, 2.75) is 44.9 Å². The Bertz CT molecular complexity index is 579. The Kier molecular flexibility index (Phi) is 2.90. The molecule has 1 fully saturated rings. The van der Waals surface area contributed by atoms with E-state index < -0.39 is 0 Å². The zero-order valence-electron chi connectivity index (χ0n) is 10.7. The molecule has 2 aromatic heterocycles. The molecule has 1 aliphatic rings. The molecule has 0 spiro atoms. The Morgan fingerprint density at radius 2 is 2.11 bits per heavy atom. The van der Waals surface area contributed by atoms with Crippen LogP contribution in [0.25, 0.3) is 5.52 Å². The van der Waals surface area contributed by atoms with Crippen molar-refractivity contribution in [3.63, 3.8) is 0 Å². The molecule has 0 radical (unpaired) electrons. The van der Waals surface area contributed by atoms with Crippen LogP contribution < -0.4 is 0 Å². The molecular weight excluding hydrogens is 224 g/mol. The maximum Gasteiger partial charge on any atom is 0.170 e.